The number of aliphatic imine (C=N–C) groups is 1. The standard InChI is InChI=1S/C17H27BrN4O.HI/c1-3-4-5-6-10-20-17(19)21-11-9-16(23)22-15-8-7-14(18)12-13(15)2;/h7-8,12H,3-6,9-11H2,1-2H3,(H,22,23)(H3,19,20,21);1H. The predicted octanol–water partition coefficient (Wildman–Crippen LogP) is 4.19. The van der Waals surface area contributed by atoms with Crippen molar-refractivity contribution in [1.82, 2.24) is 5.32 Å². The van der Waals surface area contributed by atoms with Crippen molar-refractivity contribution in [2.75, 3.05) is 18.4 Å². The molecule has 7 heteroatoms. The number of carbonyl (C=O) groups excluding carboxylic acids is 1. The van der Waals surface area contributed by atoms with Crippen molar-refractivity contribution in [2.45, 2.75) is 46.0 Å². The van der Waals surface area contributed by atoms with Gasteiger partial charge in [0.15, 0.2) is 5.96 Å². The van der Waals surface area contributed by atoms with Crippen LogP contribution in [0.4, 0.5) is 5.69 Å². The van der Waals surface area contributed by atoms with Crippen LogP contribution >= 0.6 is 39.9 Å². The van der Waals surface area contributed by atoms with Gasteiger partial charge in [0.2, 0.25) is 5.91 Å². The third kappa shape index (κ3) is 10.1. The molecule has 0 atom stereocenters. The molecule has 0 saturated heterocycles. The van der Waals surface area contributed by atoms with Crippen LogP contribution in [0.5, 0.6) is 0 Å². The smallest absolute Gasteiger partial charge is 0.226 e. The molecule has 0 radical (unpaired) electrons. The van der Waals surface area contributed by atoms with E-state index in [1.165, 1.54) is 19.3 Å². The zero-order chi connectivity index (χ0) is 17.1. The van der Waals surface area contributed by atoms with Crippen LogP contribution in [0.15, 0.2) is 27.7 Å². The highest BCUT2D eigenvalue weighted by Crippen LogP contribution is 2.19. The quantitative estimate of drug-likeness (QED) is 0.202. The summed E-state index contributed by atoms with van der Waals surface area (Å²) in [7, 11) is 0. The van der Waals surface area contributed by atoms with Crippen LogP contribution < -0.4 is 16.4 Å². The van der Waals surface area contributed by atoms with Gasteiger partial charge in [0.1, 0.15) is 0 Å². The molecule has 0 saturated carbocycles. The van der Waals surface area contributed by atoms with Crippen LogP contribution in [0.1, 0.15) is 44.6 Å². The molecule has 4 N–H and O–H groups in total. The van der Waals surface area contributed by atoms with Crippen LogP contribution in [0.25, 0.3) is 0 Å². The molecule has 0 aliphatic carbocycles. The number of benzene rings is 1. The number of hydrogen-bond donors (Lipinski definition) is 3. The van der Waals surface area contributed by atoms with Crippen molar-refractivity contribution >= 4 is 57.5 Å². The fraction of sp³-hybridized carbons (Fsp3) is 0.529. The van der Waals surface area contributed by atoms with E-state index >= 15 is 0 Å². The maximum Gasteiger partial charge on any atom is 0.226 e. The highest BCUT2D eigenvalue weighted by atomic mass is 127. The first kappa shape index (κ1) is 23.2. The molecule has 0 spiro atoms. The number of anilines is 1. The Kier molecular flexibility index (Phi) is 13.0. The Morgan fingerprint density at radius 1 is 1.29 bits per heavy atom. The molecule has 0 aromatic heterocycles. The molecule has 0 fully saturated rings. The number of nitrogens with zero attached hydrogens (tertiary/aromatic N) is 1. The lowest BCUT2D eigenvalue weighted by Crippen LogP contribution is -2.34. The van der Waals surface area contributed by atoms with Crippen LogP contribution in [-0.2, 0) is 4.79 Å². The topological polar surface area (TPSA) is 79.5 Å². The second-order valence-electron chi connectivity index (χ2n) is 5.51. The molecule has 1 rings (SSSR count). The molecule has 24 heavy (non-hydrogen) atoms. The normalized spacial score (nSPS) is 10.9. The average Bonchev–Trinajstić information content (AvgIpc) is 2.50. The summed E-state index contributed by atoms with van der Waals surface area (Å²) in [6.45, 7) is 5.36. The molecule has 1 aromatic rings. The summed E-state index contributed by atoms with van der Waals surface area (Å²) in [5.74, 6) is 0.368. The van der Waals surface area contributed by atoms with Gasteiger partial charge in [0.25, 0.3) is 0 Å². The first-order valence-corrected chi connectivity index (χ1v) is 8.92. The van der Waals surface area contributed by atoms with Gasteiger partial charge in [0, 0.05) is 29.7 Å². The molecule has 0 unspecified atom stereocenters. The van der Waals surface area contributed by atoms with Gasteiger partial charge < -0.3 is 16.4 Å². The van der Waals surface area contributed by atoms with E-state index in [1.807, 2.05) is 25.1 Å². The van der Waals surface area contributed by atoms with E-state index in [0.29, 0.717) is 18.9 Å². The number of unbranched alkanes of at least 4 members (excludes halogenated alkanes) is 3. The number of carbonyl (C=O) groups is 1. The first-order chi connectivity index (χ1) is 11.0. The Balaban J connectivity index is 0.00000529. The number of guanidine groups is 1. The van der Waals surface area contributed by atoms with Gasteiger partial charge in [-0.25, -0.2) is 0 Å². The van der Waals surface area contributed by atoms with E-state index < -0.39 is 0 Å². The fourth-order valence-corrected chi connectivity index (χ4v) is 2.55. The zero-order valence-electron chi connectivity index (χ0n) is 14.4. The van der Waals surface area contributed by atoms with Gasteiger partial charge >= 0.3 is 0 Å². The maximum absolute atomic E-state index is 11.9. The first-order valence-electron chi connectivity index (χ1n) is 8.12. The van der Waals surface area contributed by atoms with Gasteiger partial charge in [-0.2, -0.15) is 0 Å². The lowest BCUT2D eigenvalue weighted by Gasteiger charge is -2.09. The van der Waals surface area contributed by atoms with Crippen molar-refractivity contribution in [2.24, 2.45) is 10.7 Å². The van der Waals surface area contributed by atoms with Crippen molar-refractivity contribution < 1.29 is 4.79 Å². The van der Waals surface area contributed by atoms with Gasteiger partial charge in [-0.05, 0) is 37.1 Å². The molecule has 0 aliphatic heterocycles. The molecule has 136 valence electrons. The van der Waals surface area contributed by atoms with Crippen LogP contribution in [0.3, 0.4) is 0 Å². The summed E-state index contributed by atoms with van der Waals surface area (Å²) in [5, 5.41) is 5.87. The third-order valence-electron chi connectivity index (χ3n) is 3.41. The number of amides is 1. The maximum atomic E-state index is 11.9. The number of nitrogens with one attached hydrogen (secondary N) is 2. The Morgan fingerprint density at radius 3 is 2.71 bits per heavy atom. The van der Waals surface area contributed by atoms with Crippen molar-refractivity contribution in [3.8, 4) is 0 Å². The van der Waals surface area contributed by atoms with E-state index in [1.54, 1.807) is 0 Å². The number of nitrogens with two attached hydrogens (primary N) is 1. The average molecular weight is 511 g/mol. The van der Waals surface area contributed by atoms with Gasteiger partial charge in [-0.1, -0.05) is 42.1 Å². The monoisotopic (exact) mass is 510 g/mol. The summed E-state index contributed by atoms with van der Waals surface area (Å²) in [6, 6.07) is 5.76. The lowest BCUT2D eigenvalue weighted by molar-refractivity contribution is -0.116. The van der Waals surface area contributed by atoms with E-state index in [2.05, 4.69) is 38.5 Å². The second-order valence-corrected chi connectivity index (χ2v) is 6.43. The number of rotatable bonds is 9. The Bertz CT molecular complexity index is 537. The summed E-state index contributed by atoms with van der Waals surface area (Å²) in [6.07, 6.45) is 5.03. The Hall–Kier alpha value is -0.830. The molecule has 1 aromatic carbocycles. The summed E-state index contributed by atoms with van der Waals surface area (Å²) >= 11 is 3.40. The van der Waals surface area contributed by atoms with Gasteiger partial charge in [0.05, 0.1) is 0 Å². The number of aryl methyl sites for hydroxylation is 1. The molecular formula is C17H28BrIN4O. The van der Waals surface area contributed by atoms with E-state index in [4.69, 9.17) is 5.73 Å². The molecule has 0 bridgehead atoms. The minimum Gasteiger partial charge on any atom is -0.370 e. The highest BCUT2D eigenvalue weighted by Gasteiger charge is 2.05. The van der Waals surface area contributed by atoms with Crippen LogP contribution in [0, 0.1) is 6.92 Å². The molecular weight excluding hydrogens is 483 g/mol. The number of hydrogen-bond acceptors (Lipinski definition) is 2. The highest BCUT2D eigenvalue weighted by molar-refractivity contribution is 14.0. The van der Waals surface area contributed by atoms with Gasteiger partial charge in [-0.15, -0.1) is 24.0 Å². The molecule has 1 amide bonds. The van der Waals surface area contributed by atoms with E-state index in [-0.39, 0.29) is 29.9 Å². The minimum absolute atomic E-state index is 0. The Morgan fingerprint density at radius 2 is 2.04 bits per heavy atom. The summed E-state index contributed by atoms with van der Waals surface area (Å²) in [4.78, 5) is 16.2. The largest absolute Gasteiger partial charge is 0.370 e. The fourth-order valence-electron chi connectivity index (χ4n) is 2.08. The van der Waals surface area contributed by atoms with Crippen molar-refractivity contribution in [1.29, 1.82) is 0 Å². The lowest BCUT2D eigenvalue weighted by atomic mass is 10.2. The number of halogens is 2. The molecule has 0 heterocycles. The zero-order valence-corrected chi connectivity index (χ0v) is 18.3. The van der Waals surface area contributed by atoms with Gasteiger partial charge in [-0.3, -0.25) is 9.79 Å². The van der Waals surface area contributed by atoms with Crippen molar-refractivity contribution in [3.63, 3.8) is 0 Å². The second kappa shape index (κ2) is 13.5. The third-order valence-corrected chi connectivity index (χ3v) is 3.91. The van der Waals surface area contributed by atoms with Crippen molar-refractivity contribution in [3.05, 3.63) is 28.2 Å². The summed E-state index contributed by atoms with van der Waals surface area (Å²) < 4.78 is 0.998. The molecule has 5 nitrogen and oxygen atoms in total. The van der Waals surface area contributed by atoms with E-state index in [9.17, 15) is 4.79 Å². The van der Waals surface area contributed by atoms with Crippen LogP contribution in [-0.4, -0.2) is 25.0 Å². The Labute approximate surface area is 170 Å². The summed E-state index contributed by atoms with van der Waals surface area (Å²) in [5.41, 5.74) is 7.62. The van der Waals surface area contributed by atoms with Crippen LogP contribution in [0.2, 0.25) is 0 Å². The SMILES string of the molecule is CCCCCCN=C(N)NCCC(=O)Nc1ccc(Br)cc1C.I. The minimum atomic E-state index is -0.0429. The van der Waals surface area contributed by atoms with E-state index in [0.717, 1.165) is 28.7 Å². The molecule has 0 aliphatic rings. The predicted molar refractivity (Wildman–Crippen MR) is 116 cm³/mol.